The molecule has 0 amide bonds. The van der Waals surface area contributed by atoms with Gasteiger partial charge in [0.2, 0.25) is 5.95 Å². The van der Waals surface area contributed by atoms with Crippen molar-refractivity contribution in [2.45, 2.75) is 57.7 Å². The van der Waals surface area contributed by atoms with Crippen LogP contribution in [0, 0.1) is 0 Å². The molecule has 3 aromatic heterocycles. The number of fused-ring (bicyclic) bond motifs is 10. The Bertz CT molecular complexity index is 1610. The highest BCUT2D eigenvalue weighted by Gasteiger charge is 2.50. The van der Waals surface area contributed by atoms with Gasteiger partial charge in [-0.05, 0) is 24.5 Å². The van der Waals surface area contributed by atoms with Crippen molar-refractivity contribution in [3.05, 3.63) is 88.0 Å². The van der Waals surface area contributed by atoms with E-state index in [1.54, 1.807) is 6.33 Å². The lowest BCUT2D eigenvalue weighted by atomic mass is 9.64. The molecule has 5 heterocycles. The summed E-state index contributed by atoms with van der Waals surface area (Å²) in [6.45, 7) is 7.57. The molecule has 1 aromatic carbocycles. The van der Waals surface area contributed by atoms with Crippen molar-refractivity contribution in [3.63, 3.8) is 0 Å². The Morgan fingerprint density at radius 2 is 1.95 bits per heavy atom. The van der Waals surface area contributed by atoms with Gasteiger partial charge in [0.1, 0.15) is 0 Å². The smallest absolute Gasteiger partial charge is 0.348 e. The average molecular weight is 518 g/mol. The first kappa shape index (κ1) is 23.2. The first-order chi connectivity index (χ1) is 18.2. The molecule has 194 valence electrons. The van der Waals surface area contributed by atoms with Gasteiger partial charge in [-0.1, -0.05) is 38.1 Å². The molecule has 1 aliphatic carbocycles. The number of halogens is 3. The van der Waals surface area contributed by atoms with Crippen LogP contribution in [0.25, 0.3) is 11.3 Å². The second-order valence-electron chi connectivity index (χ2n) is 10.5. The zero-order valence-electron chi connectivity index (χ0n) is 21.3. The Morgan fingerprint density at radius 3 is 2.68 bits per heavy atom. The molecule has 0 bridgehead atoms. The van der Waals surface area contributed by atoms with Crippen LogP contribution in [0.3, 0.4) is 0 Å². The third-order valence-electron chi connectivity index (χ3n) is 8.31. The number of hydrogen-bond acceptors (Lipinski definition) is 5. The maximum atomic E-state index is 13.1. The van der Waals surface area contributed by atoms with Gasteiger partial charge in [-0.25, -0.2) is 19.6 Å². The molecule has 3 aliphatic rings. The third kappa shape index (κ3) is 3.03. The first-order valence-corrected chi connectivity index (χ1v) is 12.9. The van der Waals surface area contributed by atoms with Crippen LogP contribution >= 0.6 is 0 Å². The van der Waals surface area contributed by atoms with Gasteiger partial charge in [0.15, 0.2) is 0 Å². The molecular formula is C28H26F3N7. The Morgan fingerprint density at radius 1 is 1.16 bits per heavy atom. The van der Waals surface area contributed by atoms with Gasteiger partial charge >= 0.3 is 6.18 Å². The van der Waals surface area contributed by atoms with E-state index in [0.717, 1.165) is 52.8 Å². The van der Waals surface area contributed by atoms with Crippen LogP contribution in [0.15, 0.2) is 43.0 Å². The second-order valence-corrected chi connectivity index (χ2v) is 10.5. The normalized spacial score (nSPS) is 21.7. The van der Waals surface area contributed by atoms with Crippen molar-refractivity contribution in [2.24, 2.45) is 0 Å². The fraction of sp³-hybridized carbons (Fsp3) is 0.357. The van der Waals surface area contributed by atoms with Gasteiger partial charge in [0.25, 0.3) is 0 Å². The van der Waals surface area contributed by atoms with Crippen LogP contribution < -0.4 is 4.90 Å². The lowest BCUT2D eigenvalue weighted by molar-refractivity contribution is -0.138. The maximum absolute atomic E-state index is 13.1. The number of rotatable bonds is 2. The van der Waals surface area contributed by atoms with Crippen LogP contribution in [0.4, 0.5) is 19.1 Å². The number of benzene rings is 1. The Labute approximate surface area is 217 Å². The number of imidazole rings is 1. The number of aryl methyl sites for hydroxylation is 1. The predicted octanol–water partition coefficient (Wildman–Crippen LogP) is 5.35. The van der Waals surface area contributed by atoms with E-state index in [0.29, 0.717) is 19.5 Å². The van der Waals surface area contributed by atoms with Crippen molar-refractivity contribution in [2.75, 3.05) is 11.4 Å². The van der Waals surface area contributed by atoms with E-state index in [-0.39, 0.29) is 11.9 Å². The summed E-state index contributed by atoms with van der Waals surface area (Å²) in [7, 11) is 0. The van der Waals surface area contributed by atoms with E-state index in [1.165, 1.54) is 16.7 Å². The minimum Gasteiger partial charge on any atom is -0.348 e. The fourth-order valence-corrected chi connectivity index (χ4v) is 6.47. The monoisotopic (exact) mass is 517 g/mol. The number of nitrogens with one attached hydrogen (secondary N) is 1. The summed E-state index contributed by atoms with van der Waals surface area (Å²) < 4.78 is 41.4. The minimum absolute atomic E-state index is 0.177. The summed E-state index contributed by atoms with van der Waals surface area (Å²) in [6.07, 6.45) is 2.84. The molecule has 1 N–H and O–H groups in total. The highest BCUT2D eigenvalue weighted by Crippen LogP contribution is 2.55. The van der Waals surface area contributed by atoms with Gasteiger partial charge in [-0.15, -0.1) is 0 Å². The SMILES string of the molecule is CCc1cccc2c1-n1nc3c(c1C1(C)C2=CC(C)c2[nH]cnc21)CN(c1ncc(C(F)(F)F)cn1)CC3. The van der Waals surface area contributed by atoms with E-state index in [4.69, 9.17) is 10.1 Å². The van der Waals surface area contributed by atoms with E-state index in [2.05, 4.69) is 64.7 Å². The van der Waals surface area contributed by atoms with Crippen LogP contribution in [-0.4, -0.2) is 36.3 Å². The number of H-pyrrole nitrogens is 1. The van der Waals surface area contributed by atoms with Crippen molar-refractivity contribution < 1.29 is 13.2 Å². The zero-order valence-corrected chi connectivity index (χ0v) is 21.3. The molecule has 10 heteroatoms. The van der Waals surface area contributed by atoms with Crippen molar-refractivity contribution in [3.8, 4) is 5.69 Å². The molecule has 0 radical (unpaired) electrons. The quantitative estimate of drug-likeness (QED) is 0.388. The molecule has 2 atom stereocenters. The van der Waals surface area contributed by atoms with Gasteiger partial charge in [0, 0.05) is 54.6 Å². The number of allylic oxidation sites excluding steroid dienone is 2. The second kappa shape index (κ2) is 7.78. The average Bonchev–Trinajstić information content (AvgIpc) is 3.56. The lowest BCUT2D eigenvalue weighted by Crippen LogP contribution is -2.39. The van der Waals surface area contributed by atoms with Crippen LogP contribution in [0.1, 0.15) is 71.7 Å². The zero-order chi connectivity index (χ0) is 26.4. The largest absolute Gasteiger partial charge is 0.419 e. The summed E-state index contributed by atoms with van der Waals surface area (Å²) in [4.78, 5) is 18.3. The van der Waals surface area contributed by atoms with E-state index < -0.39 is 17.2 Å². The summed E-state index contributed by atoms with van der Waals surface area (Å²) >= 11 is 0. The standard InChI is InChI=1S/C28H26F3N7/c1-4-16-6-5-7-18-20-10-15(2)22-24(35-14-34-22)27(20,3)25-19-13-37(9-8-21(19)36-38(25)23(16)18)26-32-11-17(12-33-26)28(29,30)31/h5-7,10-12,14-15H,4,8-9,13H2,1-3H3,(H,34,35). The topological polar surface area (TPSA) is 75.5 Å². The predicted molar refractivity (Wildman–Crippen MR) is 136 cm³/mol. The maximum Gasteiger partial charge on any atom is 0.419 e. The summed E-state index contributed by atoms with van der Waals surface area (Å²) in [5, 5.41) is 5.16. The van der Waals surface area contributed by atoms with Gasteiger partial charge in [-0.3, -0.25) is 0 Å². The molecule has 4 aromatic rings. The molecule has 2 unspecified atom stereocenters. The molecule has 38 heavy (non-hydrogen) atoms. The van der Waals surface area contributed by atoms with Crippen LogP contribution in [0.2, 0.25) is 0 Å². The first-order valence-electron chi connectivity index (χ1n) is 12.9. The number of nitrogens with zero attached hydrogens (tertiary/aromatic N) is 6. The Balaban J connectivity index is 1.43. The van der Waals surface area contributed by atoms with Gasteiger partial charge in [0.05, 0.1) is 40.1 Å². The number of aromatic nitrogens is 6. The summed E-state index contributed by atoms with van der Waals surface area (Å²) in [5.74, 6) is 0.462. The van der Waals surface area contributed by atoms with Crippen LogP contribution in [0.5, 0.6) is 0 Å². The number of alkyl halides is 3. The molecule has 2 aliphatic heterocycles. The summed E-state index contributed by atoms with van der Waals surface area (Å²) in [5.41, 5.74) is 8.50. The van der Waals surface area contributed by atoms with Gasteiger partial charge in [-0.2, -0.15) is 18.3 Å². The van der Waals surface area contributed by atoms with Crippen LogP contribution in [-0.2, 0) is 31.0 Å². The third-order valence-corrected chi connectivity index (χ3v) is 8.31. The van der Waals surface area contributed by atoms with E-state index in [1.807, 2.05) is 4.90 Å². The molecular weight excluding hydrogens is 491 g/mol. The minimum atomic E-state index is -4.47. The van der Waals surface area contributed by atoms with E-state index >= 15 is 0 Å². The van der Waals surface area contributed by atoms with Crippen molar-refractivity contribution in [1.82, 2.24) is 29.7 Å². The molecule has 7 nitrogen and oxygen atoms in total. The molecule has 7 rings (SSSR count). The summed E-state index contributed by atoms with van der Waals surface area (Å²) in [6, 6.07) is 6.44. The molecule has 0 saturated carbocycles. The van der Waals surface area contributed by atoms with Crippen molar-refractivity contribution >= 4 is 11.5 Å². The van der Waals surface area contributed by atoms with Crippen molar-refractivity contribution in [1.29, 1.82) is 0 Å². The number of anilines is 1. The number of aromatic amines is 1. The molecule has 0 saturated heterocycles. The fourth-order valence-electron chi connectivity index (χ4n) is 6.47. The number of hydrogen-bond donors (Lipinski definition) is 1. The highest BCUT2D eigenvalue weighted by atomic mass is 19.4. The van der Waals surface area contributed by atoms with Gasteiger partial charge < -0.3 is 9.88 Å². The lowest BCUT2D eigenvalue weighted by Gasteiger charge is -2.42. The molecule has 0 fully saturated rings. The molecule has 0 spiro atoms. The highest BCUT2D eigenvalue weighted by molar-refractivity contribution is 5.88. The Hall–Kier alpha value is -3.95. The number of para-hydroxylation sites is 1. The Kier molecular flexibility index (Phi) is 4.75. The van der Waals surface area contributed by atoms with E-state index in [9.17, 15) is 13.2 Å².